The van der Waals surface area contributed by atoms with Crippen LogP contribution >= 0.6 is 0 Å². The highest BCUT2D eigenvalue weighted by atomic mass is 16.3. The maximum absolute atomic E-state index is 5.85. The summed E-state index contributed by atoms with van der Waals surface area (Å²) in [5.41, 5.74) is 1.68. The van der Waals surface area contributed by atoms with Crippen molar-refractivity contribution in [3.63, 3.8) is 0 Å². The van der Waals surface area contributed by atoms with Crippen LogP contribution < -0.4 is 5.32 Å². The van der Waals surface area contributed by atoms with Crippen LogP contribution in [0, 0.1) is 6.92 Å². The minimum absolute atomic E-state index is 0.333. The summed E-state index contributed by atoms with van der Waals surface area (Å²) < 4.78 is 5.85. The van der Waals surface area contributed by atoms with E-state index in [1.165, 1.54) is 24.9 Å². The topological polar surface area (TPSA) is 28.4 Å². The van der Waals surface area contributed by atoms with Gasteiger partial charge in [-0.1, -0.05) is 13.8 Å². The number of rotatable bonds is 5. The Morgan fingerprint density at radius 1 is 1.42 bits per heavy atom. The van der Waals surface area contributed by atoms with Crippen molar-refractivity contribution in [2.24, 2.45) is 0 Å². The largest absolute Gasteiger partial charge is 0.465 e. The van der Waals surface area contributed by atoms with Crippen LogP contribution in [0.1, 0.15) is 57.6 Å². The molecule has 1 saturated heterocycles. The van der Waals surface area contributed by atoms with Crippen LogP contribution in [0.15, 0.2) is 10.5 Å². The van der Waals surface area contributed by atoms with E-state index in [9.17, 15) is 0 Å². The van der Waals surface area contributed by atoms with Gasteiger partial charge < -0.3 is 9.73 Å². The monoisotopic (exact) mass is 264 g/mol. The summed E-state index contributed by atoms with van der Waals surface area (Å²) in [6, 6.07) is 2.71. The van der Waals surface area contributed by atoms with Crippen molar-refractivity contribution >= 4 is 0 Å². The predicted molar refractivity (Wildman–Crippen MR) is 79.1 cm³/mol. The molecule has 0 spiro atoms. The maximum atomic E-state index is 5.85. The van der Waals surface area contributed by atoms with Crippen molar-refractivity contribution in [1.82, 2.24) is 10.2 Å². The van der Waals surface area contributed by atoms with E-state index in [4.69, 9.17) is 4.42 Å². The smallest absolute Gasteiger partial charge is 0.118 e. The van der Waals surface area contributed by atoms with E-state index in [1.807, 2.05) is 0 Å². The van der Waals surface area contributed by atoms with E-state index >= 15 is 0 Å². The van der Waals surface area contributed by atoms with E-state index in [1.54, 1.807) is 0 Å². The molecule has 0 aliphatic carbocycles. The van der Waals surface area contributed by atoms with Crippen molar-refractivity contribution in [3.05, 3.63) is 23.2 Å². The molecule has 1 aromatic heterocycles. The number of hydrogen-bond donors (Lipinski definition) is 1. The Morgan fingerprint density at radius 2 is 2.16 bits per heavy atom. The van der Waals surface area contributed by atoms with Crippen LogP contribution in [-0.2, 0) is 13.1 Å². The van der Waals surface area contributed by atoms with Crippen molar-refractivity contribution in [3.8, 4) is 0 Å². The standard InChI is InChI=1S/C16H28N2O/c1-12(2)17-10-15-9-14(13(3)19-15)11-18-8-6-7-16(18,4)5/h9,12,17H,6-8,10-11H2,1-5H3. The molecule has 1 aromatic rings. The van der Waals surface area contributed by atoms with Gasteiger partial charge in [0, 0.05) is 23.7 Å². The molecule has 1 N–H and O–H groups in total. The molecule has 2 heterocycles. The normalized spacial score (nSPS) is 19.5. The van der Waals surface area contributed by atoms with Crippen molar-refractivity contribution in [2.75, 3.05) is 6.54 Å². The number of aryl methyl sites for hydroxylation is 1. The van der Waals surface area contributed by atoms with Gasteiger partial charge in [0.1, 0.15) is 11.5 Å². The van der Waals surface area contributed by atoms with E-state index in [-0.39, 0.29) is 0 Å². The Kier molecular flexibility index (Phi) is 4.36. The molecular weight excluding hydrogens is 236 g/mol. The van der Waals surface area contributed by atoms with Crippen molar-refractivity contribution in [2.45, 2.75) is 72.1 Å². The van der Waals surface area contributed by atoms with Crippen molar-refractivity contribution in [1.29, 1.82) is 0 Å². The lowest BCUT2D eigenvalue weighted by atomic mass is 10.0. The summed E-state index contributed by atoms with van der Waals surface area (Å²) in [5, 5.41) is 3.40. The van der Waals surface area contributed by atoms with Gasteiger partial charge in [0.15, 0.2) is 0 Å². The maximum Gasteiger partial charge on any atom is 0.118 e. The minimum atomic E-state index is 0.333. The van der Waals surface area contributed by atoms with Crippen LogP contribution in [-0.4, -0.2) is 23.0 Å². The average molecular weight is 264 g/mol. The lowest BCUT2D eigenvalue weighted by molar-refractivity contribution is 0.165. The van der Waals surface area contributed by atoms with Crippen LogP contribution in [0.4, 0.5) is 0 Å². The quantitative estimate of drug-likeness (QED) is 0.883. The van der Waals surface area contributed by atoms with Gasteiger partial charge in [-0.2, -0.15) is 0 Å². The van der Waals surface area contributed by atoms with Crippen LogP contribution in [0.2, 0.25) is 0 Å². The SMILES string of the molecule is Cc1oc(CNC(C)C)cc1CN1CCCC1(C)C. The predicted octanol–water partition coefficient (Wildman–Crippen LogP) is 3.46. The van der Waals surface area contributed by atoms with E-state index in [0.717, 1.165) is 24.6 Å². The molecule has 2 rings (SSSR count). The second-order valence-electron chi connectivity index (χ2n) is 6.67. The van der Waals surface area contributed by atoms with Gasteiger partial charge in [-0.15, -0.1) is 0 Å². The molecule has 0 aromatic carbocycles. The fraction of sp³-hybridized carbons (Fsp3) is 0.750. The van der Waals surface area contributed by atoms with E-state index in [2.05, 4.69) is 50.9 Å². The number of hydrogen-bond acceptors (Lipinski definition) is 3. The minimum Gasteiger partial charge on any atom is -0.465 e. The first kappa shape index (κ1) is 14.6. The second kappa shape index (κ2) is 5.68. The molecule has 19 heavy (non-hydrogen) atoms. The zero-order valence-corrected chi connectivity index (χ0v) is 13.0. The van der Waals surface area contributed by atoms with Gasteiger partial charge in [0.05, 0.1) is 6.54 Å². The highest BCUT2D eigenvalue weighted by molar-refractivity contribution is 5.21. The zero-order chi connectivity index (χ0) is 14.0. The van der Waals surface area contributed by atoms with Crippen LogP contribution in [0.3, 0.4) is 0 Å². The van der Waals surface area contributed by atoms with Crippen LogP contribution in [0.25, 0.3) is 0 Å². The summed E-state index contributed by atoms with van der Waals surface area (Å²) in [7, 11) is 0. The molecular formula is C16H28N2O. The molecule has 1 aliphatic heterocycles. The molecule has 0 saturated carbocycles. The Hall–Kier alpha value is -0.800. The number of nitrogens with one attached hydrogen (secondary N) is 1. The van der Waals surface area contributed by atoms with Crippen molar-refractivity contribution < 1.29 is 4.42 Å². The molecule has 0 bridgehead atoms. The summed E-state index contributed by atoms with van der Waals surface area (Å²) in [6.45, 7) is 14.1. The third kappa shape index (κ3) is 3.61. The summed E-state index contributed by atoms with van der Waals surface area (Å²) in [5.74, 6) is 2.13. The first-order chi connectivity index (χ1) is 8.88. The molecule has 1 fully saturated rings. The molecule has 1 aliphatic rings. The Balaban J connectivity index is 2.00. The number of furan rings is 1. The van der Waals surface area contributed by atoms with Gasteiger partial charge in [0.25, 0.3) is 0 Å². The van der Waals surface area contributed by atoms with Gasteiger partial charge in [-0.05, 0) is 46.2 Å². The Bertz CT molecular complexity index is 420. The highest BCUT2D eigenvalue weighted by Crippen LogP contribution is 2.30. The lowest BCUT2D eigenvalue weighted by Gasteiger charge is -2.31. The number of nitrogens with zero attached hydrogens (tertiary/aromatic N) is 1. The molecule has 3 heteroatoms. The third-order valence-electron chi connectivity index (χ3n) is 4.19. The molecule has 3 nitrogen and oxygen atoms in total. The van der Waals surface area contributed by atoms with Gasteiger partial charge in [-0.3, -0.25) is 4.90 Å². The van der Waals surface area contributed by atoms with E-state index in [0.29, 0.717) is 11.6 Å². The Morgan fingerprint density at radius 3 is 2.74 bits per heavy atom. The van der Waals surface area contributed by atoms with Gasteiger partial charge in [0.2, 0.25) is 0 Å². The first-order valence-corrected chi connectivity index (χ1v) is 7.45. The molecule has 0 atom stereocenters. The molecule has 108 valence electrons. The summed E-state index contributed by atoms with van der Waals surface area (Å²) in [4.78, 5) is 2.57. The second-order valence-corrected chi connectivity index (χ2v) is 6.67. The molecule has 0 radical (unpaired) electrons. The van der Waals surface area contributed by atoms with Gasteiger partial charge in [-0.25, -0.2) is 0 Å². The fourth-order valence-electron chi connectivity index (χ4n) is 2.80. The molecule has 0 unspecified atom stereocenters. The lowest BCUT2D eigenvalue weighted by Crippen LogP contribution is -2.37. The fourth-order valence-corrected chi connectivity index (χ4v) is 2.80. The van der Waals surface area contributed by atoms with Crippen LogP contribution in [0.5, 0.6) is 0 Å². The Labute approximate surface area is 117 Å². The third-order valence-corrected chi connectivity index (χ3v) is 4.19. The first-order valence-electron chi connectivity index (χ1n) is 7.45. The molecule has 0 amide bonds. The highest BCUT2D eigenvalue weighted by Gasteiger charge is 2.32. The zero-order valence-electron chi connectivity index (χ0n) is 13.0. The van der Waals surface area contributed by atoms with E-state index < -0.39 is 0 Å². The summed E-state index contributed by atoms with van der Waals surface area (Å²) in [6.07, 6.45) is 2.61. The average Bonchev–Trinajstić information content (AvgIpc) is 2.81. The summed E-state index contributed by atoms with van der Waals surface area (Å²) >= 11 is 0. The van der Waals surface area contributed by atoms with Gasteiger partial charge >= 0.3 is 0 Å². The number of likely N-dealkylation sites (tertiary alicyclic amines) is 1.